The lowest BCUT2D eigenvalue weighted by Crippen LogP contribution is -2.43. The summed E-state index contributed by atoms with van der Waals surface area (Å²) in [5.41, 5.74) is 6.08. The zero-order chi connectivity index (χ0) is 20.1. The molecular formula is C24H30IN5. The summed E-state index contributed by atoms with van der Waals surface area (Å²) in [5.74, 6) is 0.996. The first kappa shape index (κ1) is 22.3. The van der Waals surface area contributed by atoms with Gasteiger partial charge in [-0.15, -0.1) is 24.0 Å². The molecule has 0 fully saturated rings. The Morgan fingerprint density at radius 3 is 2.70 bits per heavy atom. The van der Waals surface area contributed by atoms with Gasteiger partial charge in [-0.1, -0.05) is 42.5 Å². The van der Waals surface area contributed by atoms with E-state index in [0.717, 1.165) is 56.3 Å². The van der Waals surface area contributed by atoms with Crippen molar-refractivity contribution in [3.05, 3.63) is 77.8 Å². The van der Waals surface area contributed by atoms with Crippen LogP contribution in [0, 0.1) is 6.92 Å². The predicted octanol–water partition coefficient (Wildman–Crippen LogP) is 4.56. The summed E-state index contributed by atoms with van der Waals surface area (Å²) in [5, 5.41) is 3.45. The van der Waals surface area contributed by atoms with Crippen molar-refractivity contribution in [3.8, 4) is 0 Å². The number of rotatable bonds is 5. The highest BCUT2D eigenvalue weighted by atomic mass is 127. The van der Waals surface area contributed by atoms with E-state index in [1.54, 1.807) is 0 Å². The summed E-state index contributed by atoms with van der Waals surface area (Å²) < 4.78 is 2.10. The number of guanidine groups is 1. The molecule has 3 heterocycles. The molecule has 3 aromatic rings. The summed E-state index contributed by atoms with van der Waals surface area (Å²) in [4.78, 5) is 12.0. The number of nitrogens with zero attached hydrogens (tertiary/aromatic N) is 4. The van der Waals surface area contributed by atoms with Gasteiger partial charge in [0.25, 0.3) is 0 Å². The quantitative estimate of drug-likeness (QED) is 0.308. The molecule has 30 heavy (non-hydrogen) atoms. The zero-order valence-electron chi connectivity index (χ0n) is 17.7. The molecule has 5 nitrogen and oxygen atoms in total. The molecule has 0 aliphatic carbocycles. The van der Waals surface area contributed by atoms with Gasteiger partial charge in [-0.05, 0) is 43.0 Å². The minimum atomic E-state index is 0. The van der Waals surface area contributed by atoms with Gasteiger partial charge in [-0.3, -0.25) is 4.99 Å². The Bertz CT molecular complexity index is 1020. The molecular weight excluding hydrogens is 485 g/mol. The third kappa shape index (κ3) is 5.22. The van der Waals surface area contributed by atoms with Crippen LogP contribution in [0.1, 0.15) is 30.2 Å². The van der Waals surface area contributed by atoms with E-state index >= 15 is 0 Å². The largest absolute Gasteiger partial charge is 0.357 e. The van der Waals surface area contributed by atoms with E-state index < -0.39 is 0 Å². The maximum absolute atomic E-state index is 4.88. The lowest BCUT2D eigenvalue weighted by Gasteiger charge is -2.29. The maximum atomic E-state index is 4.88. The van der Waals surface area contributed by atoms with E-state index in [1.807, 2.05) is 0 Å². The molecule has 0 bridgehead atoms. The number of imidazole rings is 1. The first-order valence-corrected chi connectivity index (χ1v) is 10.5. The van der Waals surface area contributed by atoms with Crippen molar-refractivity contribution in [2.24, 2.45) is 4.99 Å². The summed E-state index contributed by atoms with van der Waals surface area (Å²) in [7, 11) is 0. The summed E-state index contributed by atoms with van der Waals surface area (Å²) in [6.07, 6.45) is 8.38. The van der Waals surface area contributed by atoms with Gasteiger partial charge in [0.2, 0.25) is 0 Å². The molecule has 4 rings (SSSR count). The van der Waals surface area contributed by atoms with Crippen LogP contribution in [0.4, 0.5) is 0 Å². The van der Waals surface area contributed by atoms with E-state index in [0.29, 0.717) is 0 Å². The monoisotopic (exact) mass is 515 g/mol. The normalized spacial score (nSPS) is 14.4. The van der Waals surface area contributed by atoms with Gasteiger partial charge in [0.05, 0.1) is 5.69 Å². The van der Waals surface area contributed by atoms with Crippen molar-refractivity contribution in [1.82, 2.24) is 19.6 Å². The number of hydrogen-bond acceptors (Lipinski definition) is 2. The second-order valence-electron chi connectivity index (χ2n) is 7.43. The number of aryl methyl sites for hydroxylation is 1. The molecule has 2 aromatic heterocycles. The Morgan fingerprint density at radius 1 is 1.17 bits per heavy atom. The number of hydrogen-bond donors (Lipinski definition) is 1. The summed E-state index contributed by atoms with van der Waals surface area (Å²) in [6.45, 7) is 7.70. The fraction of sp³-hybridized carbons (Fsp3) is 0.333. The molecule has 0 radical (unpaired) electrons. The number of pyridine rings is 1. The SMILES string of the molecule is CCNC(=NCCc1cn2cccc(C)c2n1)N1CC=C(c2ccccc2)CC1.I. The molecule has 0 amide bonds. The lowest BCUT2D eigenvalue weighted by atomic mass is 10.00. The van der Waals surface area contributed by atoms with E-state index in [4.69, 9.17) is 9.98 Å². The van der Waals surface area contributed by atoms with Crippen LogP contribution >= 0.6 is 24.0 Å². The van der Waals surface area contributed by atoms with Crippen LogP contribution in [-0.2, 0) is 6.42 Å². The average molecular weight is 515 g/mol. The van der Waals surface area contributed by atoms with Crippen LogP contribution in [-0.4, -0.2) is 46.4 Å². The van der Waals surface area contributed by atoms with Crippen LogP contribution in [0.3, 0.4) is 0 Å². The molecule has 158 valence electrons. The molecule has 1 aliphatic heterocycles. The average Bonchev–Trinajstić information content (AvgIpc) is 3.18. The van der Waals surface area contributed by atoms with E-state index in [-0.39, 0.29) is 24.0 Å². The number of benzene rings is 1. The molecule has 0 atom stereocenters. The van der Waals surface area contributed by atoms with Gasteiger partial charge in [0, 0.05) is 45.0 Å². The number of aromatic nitrogens is 2. The van der Waals surface area contributed by atoms with Crippen LogP contribution in [0.2, 0.25) is 0 Å². The fourth-order valence-electron chi connectivity index (χ4n) is 3.80. The fourth-order valence-corrected chi connectivity index (χ4v) is 3.80. The zero-order valence-corrected chi connectivity index (χ0v) is 20.0. The third-order valence-electron chi connectivity index (χ3n) is 5.35. The second kappa shape index (κ2) is 10.6. The molecule has 6 heteroatoms. The van der Waals surface area contributed by atoms with Crippen molar-refractivity contribution in [2.75, 3.05) is 26.2 Å². The van der Waals surface area contributed by atoms with Gasteiger partial charge >= 0.3 is 0 Å². The molecule has 0 unspecified atom stereocenters. The van der Waals surface area contributed by atoms with Gasteiger partial charge in [-0.25, -0.2) is 4.98 Å². The molecule has 1 aliphatic rings. The molecule has 1 N–H and O–H groups in total. The van der Waals surface area contributed by atoms with Crippen LogP contribution in [0.25, 0.3) is 11.2 Å². The Kier molecular flexibility index (Phi) is 7.90. The van der Waals surface area contributed by atoms with Gasteiger partial charge in [-0.2, -0.15) is 0 Å². The highest BCUT2D eigenvalue weighted by Crippen LogP contribution is 2.22. The number of halogens is 1. The Labute approximate surface area is 195 Å². The number of nitrogens with one attached hydrogen (secondary N) is 1. The van der Waals surface area contributed by atoms with Crippen LogP contribution < -0.4 is 5.32 Å². The standard InChI is InChI=1S/C24H29N5.HI/c1-3-25-24(28-16-12-21(13-17-28)20-9-5-4-6-10-20)26-14-11-22-18-29-15-7-8-19(2)23(29)27-22;/h4-10,12,15,18H,3,11,13-14,16-17H2,1-2H3,(H,25,26);1H. The topological polar surface area (TPSA) is 44.9 Å². The van der Waals surface area contributed by atoms with Crippen molar-refractivity contribution in [1.29, 1.82) is 0 Å². The highest BCUT2D eigenvalue weighted by molar-refractivity contribution is 14.0. The number of fused-ring (bicyclic) bond motifs is 1. The Morgan fingerprint density at radius 2 is 2.00 bits per heavy atom. The van der Waals surface area contributed by atoms with Crippen molar-refractivity contribution in [3.63, 3.8) is 0 Å². The molecule has 0 saturated carbocycles. The predicted molar refractivity (Wildman–Crippen MR) is 136 cm³/mol. The second-order valence-corrected chi connectivity index (χ2v) is 7.43. The van der Waals surface area contributed by atoms with Crippen molar-refractivity contribution < 1.29 is 0 Å². The summed E-state index contributed by atoms with van der Waals surface area (Å²) >= 11 is 0. The Balaban J connectivity index is 0.00000256. The molecule has 0 spiro atoms. The first-order valence-electron chi connectivity index (χ1n) is 10.5. The van der Waals surface area contributed by atoms with Crippen molar-refractivity contribution in [2.45, 2.75) is 26.7 Å². The van der Waals surface area contributed by atoms with Gasteiger partial charge < -0.3 is 14.6 Å². The van der Waals surface area contributed by atoms with E-state index in [1.165, 1.54) is 16.7 Å². The summed E-state index contributed by atoms with van der Waals surface area (Å²) in [6, 6.07) is 14.8. The molecule has 0 saturated heterocycles. The number of aliphatic imine (C=N–C) groups is 1. The minimum absolute atomic E-state index is 0. The van der Waals surface area contributed by atoms with E-state index in [2.05, 4.69) is 89.4 Å². The van der Waals surface area contributed by atoms with Gasteiger partial charge in [0.15, 0.2) is 5.96 Å². The van der Waals surface area contributed by atoms with Gasteiger partial charge in [0.1, 0.15) is 5.65 Å². The first-order chi connectivity index (χ1) is 14.2. The third-order valence-corrected chi connectivity index (χ3v) is 5.35. The smallest absolute Gasteiger partial charge is 0.194 e. The van der Waals surface area contributed by atoms with Crippen molar-refractivity contribution >= 4 is 41.2 Å². The Hall–Kier alpha value is -2.35. The molecule has 1 aromatic carbocycles. The van der Waals surface area contributed by atoms with E-state index in [9.17, 15) is 0 Å². The maximum Gasteiger partial charge on any atom is 0.194 e. The highest BCUT2D eigenvalue weighted by Gasteiger charge is 2.16. The minimum Gasteiger partial charge on any atom is -0.357 e. The van der Waals surface area contributed by atoms with Crippen LogP contribution in [0.5, 0.6) is 0 Å². The lowest BCUT2D eigenvalue weighted by molar-refractivity contribution is 0.440. The van der Waals surface area contributed by atoms with Crippen LogP contribution in [0.15, 0.2) is 65.9 Å².